The van der Waals surface area contributed by atoms with Gasteiger partial charge in [0.05, 0.1) is 4.83 Å². The Morgan fingerprint density at radius 3 is 2.47 bits per heavy atom. The molecule has 0 saturated carbocycles. The first-order chi connectivity index (χ1) is 9.25. The summed E-state index contributed by atoms with van der Waals surface area (Å²) >= 11 is 10.1. The molecule has 0 fully saturated rings. The van der Waals surface area contributed by atoms with Crippen LogP contribution in [0, 0.1) is 0 Å². The van der Waals surface area contributed by atoms with E-state index in [4.69, 9.17) is 11.6 Å². The Hall–Kier alpha value is -0.790. The molecule has 0 nitrogen and oxygen atoms in total. The van der Waals surface area contributed by atoms with Gasteiger partial charge in [0.1, 0.15) is 0 Å². The van der Waals surface area contributed by atoms with Gasteiger partial charge >= 0.3 is 0 Å². The van der Waals surface area contributed by atoms with E-state index in [0.717, 1.165) is 10.6 Å². The molecule has 0 heterocycles. The fourth-order valence-corrected chi connectivity index (χ4v) is 3.83. The average Bonchev–Trinajstić information content (AvgIpc) is 2.46. The predicted molar refractivity (Wildman–Crippen MR) is 85.3 cm³/mol. The Morgan fingerprint density at radius 1 is 0.947 bits per heavy atom. The maximum atomic E-state index is 6.28. The second kappa shape index (κ2) is 5.68. The molecule has 1 atom stereocenters. The Bertz CT molecular complexity index is 592. The number of hydrogen-bond acceptors (Lipinski definition) is 0. The van der Waals surface area contributed by atoms with Gasteiger partial charge in [-0.15, -0.1) is 0 Å². The van der Waals surface area contributed by atoms with E-state index in [9.17, 15) is 0 Å². The maximum Gasteiger partial charge on any atom is 0.0659 e. The Balaban J connectivity index is 1.96. The normalized spacial score (nSPS) is 15.9. The molecular formula is C17H16BrCl. The lowest BCUT2D eigenvalue weighted by Crippen LogP contribution is -2.04. The highest BCUT2D eigenvalue weighted by atomic mass is 79.9. The van der Waals surface area contributed by atoms with E-state index in [2.05, 4.69) is 40.2 Å². The van der Waals surface area contributed by atoms with Crippen LogP contribution in [0.1, 0.15) is 39.9 Å². The van der Waals surface area contributed by atoms with E-state index < -0.39 is 0 Å². The zero-order valence-corrected chi connectivity index (χ0v) is 13.0. The van der Waals surface area contributed by atoms with Crippen LogP contribution in [0.5, 0.6) is 0 Å². The van der Waals surface area contributed by atoms with Crippen molar-refractivity contribution in [1.82, 2.24) is 0 Å². The molecular weight excluding hydrogens is 320 g/mol. The third-order valence-corrected chi connectivity index (χ3v) is 5.21. The molecule has 98 valence electrons. The molecule has 2 aromatic carbocycles. The van der Waals surface area contributed by atoms with Crippen molar-refractivity contribution in [1.29, 1.82) is 0 Å². The molecule has 0 radical (unpaired) electrons. The summed E-state index contributed by atoms with van der Waals surface area (Å²) in [6, 6.07) is 14.9. The highest BCUT2D eigenvalue weighted by Crippen LogP contribution is 2.36. The van der Waals surface area contributed by atoms with Crippen molar-refractivity contribution in [3.8, 4) is 0 Å². The van der Waals surface area contributed by atoms with Gasteiger partial charge in [0.15, 0.2) is 0 Å². The van der Waals surface area contributed by atoms with Crippen LogP contribution in [0.15, 0.2) is 42.5 Å². The molecule has 1 aliphatic carbocycles. The van der Waals surface area contributed by atoms with Gasteiger partial charge < -0.3 is 0 Å². The van der Waals surface area contributed by atoms with Gasteiger partial charge in [-0.25, -0.2) is 0 Å². The van der Waals surface area contributed by atoms with Crippen LogP contribution in [0.25, 0.3) is 0 Å². The average molecular weight is 336 g/mol. The molecule has 0 aromatic heterocycles. The fraction of sp³-hybridized carbons (Fsp3) is 0.294. The summed E-state index contributed by atoms with van der Waals surface area (Å²) in [6.07, 6.45) is 5.09. The van der Waals surface area contributed by atoms with E-state index >= 15 is 0 Å². The van der Waals surface area contributed by atoms with Crippen LogP contribution in [0.2, 0.25) is 5.02 Å². The Labute approximate surface area is 127 Å². The first-order valence-corrected chi connectivity index (χ1v) is 8.05. The lowest BCUT2D eigenvalue weighted by Gasteiger charge is -2.19. The summed E-state index contributed by atoms with van der Waals surface area (Å²) in [6.45, 7) is 0. The van der Waals surface area contributed by atoms with Gasteiger partial charge in [-0.1, -0.05) is 63.9 Å². The van der Waals surface area contributed by atoms with Crippen molar-refractivity contribution >= 4 is 27.5 Å². The van der Waals surface area contributed by atoms with Gasteiger partial charge in [-0.05, 0) is 54.0 Å². The minimum Gasteiger partial charge on any atom is -0.0840 e. The summed E-state index contributed by atoms with van der Waals surface area (Å²) in [5.74, 6) is 0. The minimum absolute atomic E-state index is 0.174. The number of rotatable bonds is 2. The third-order valence-electron chi connectivity index (χ3n) is 3.84. The fourth-order valence-electron chi connectivity index (χ4n) is 2.77. The molecule has 2 heteroatoms. The topological polar surface area (TPSA) is 0 Å². The molecule has 0 N–H and O–H groups in total. The zero-order chi connectivity index (χ0) is 13.2. The molecule has 0 amide bonds. The van der Waals surface area contributed by atoms with Gasteiger partial charge in [0, 0.05) is 5.02 Å². The summed E-state index contributed by atoms with van der Waals surface area (Å²) in [4.78, 5) is 0.174. The van der Waals surface area contributed by atoms with E-state index in [-0.39, 0.29) is 4.83 Å². The first-order valence-electron chi connectivity index (χ1n) is 6.76. The monoisotopic (exact) mass is 334 g/mol. The predicted octanol–water partition coefficient (Wildman–Crippen LogP) is 5.70. The standard InChI is InChI=1S/C17H16BrCl/c18-17(15-7-3-4-8-16(15)19)14-10-9-12-5-1-2-6-13(12)11-14/h3-4,7-11,17H,1-2,5-6H2. The van der Waals surface area contributed by atoms with Crippen molar-refractivity contribution in [3.05, 3.63) is 69.7 Å². The molecule has 19 heavy (non-hydrogen) atoms. The maximum absolute atomic E-state index is 6.28. The largest absolute Gasteiger partial charge is 0.0840 e. The molecule has 0 saturated heterocycles. The minimum atomic E-state index is 0.174. The van der Waals surface area contributed by atoms with Crippen LogP contribution in [0.3, 0.4) is 0 Å². The first kappa shape index (κ1) is 13.2. The highest BCUT2D eigenvalue weighted by molar-refractivity contribution is 9.09. The van der Waals surface area contributed by atoms with Gasteiger partial charge in [0.25, 0.3) is 0 Å². The van der Waals surface area contributed by atoms with E-state index in [0.29, 0.717) is 0 Å². The number of hydrogen-bond donors (Lipinski definition) is 0. The van der Waals surface area contributed by atoms with Crippen molar-refractivity contribution in [3.63, 3.8) is 0 Å². The smallest absolute Gasteiger partial charge is 0.0659 e. The highest BCUT2D eigenvalue weighted by Gasteiger charge is 2.16. The number of halogens is 2. The second-order valence-electron chi connectivity index (χ2n) is 5.12. The SMILES string of the molecule is Clc1ccccc1C(Br)c1ccc2c(c1)CCCC2. The van der Waals surface area contributed by atoms with Crippen molar-refractivity contribution in [2.24, 2.45) is 0 Å². The third kappa shape index (κ3) is 2.73. The molecule has 1 aliphatic rings. The van der Waals surface area contributed by atoms with Gasteiger partial charge in [0.2, 0.25) is 0 Å². The summed E-state index contributed by atoms with van der Waals surface area (Å²) < 4.78 is 0. The van der Waals surface area contributed by atoms with Crippen LogP contribution in [0.4, 0.5) is 0 Å². The zero-order valence-electron chi connectivity index (χ0n) is 10.7. The van der Waals surface area contributed by atoms with Crippen molar-refractivity contribution in [2.45, 2.75) is 30.5 Å². The molecule has 3 rings (SSSR count). The second-order valence-corrected chi connectivity index (χ2v) is 6.44. The number of alkyl halides is 1. The molecule has 0 spiro atoms. The summed E-state index contributed by atoms with van der Waals surface area (Å²) in [7, 11) is 0. The quantitative estimate of drug-likeness (QED) is 0.617. The molecule has 0 bridgehead atoms. The Morgan fingerprint density at radius 2 is 1.68 bits per heavy atom. The molecule has 2 aromatic rings. The van der Waals surface area contributed by atoms with Crippen molar-refractivity contribution < 1.29 is 0 Å². The number of fused-ring (bicyclic) bond motifs is 1. The molecule has 0 aliphatic heterocycles. The van der Waals surface area contributed by atoms with Gasteiger partial charge in [-0.2, -0.15) is 0 Å². The summed E-state index contributed by atoms with van der Waals surface area (Å²) in [5.41, 5.74) is 5.47. The van der Waals surface area contributed by atoms with Crippen LogP contribution in [-0.4, -0.2) is 0 Å². The number of aryl methyl sites for hydroxylation is 2. The van der Waals surface area contributed by atoms with Crippen LogP contribution in [-0.2, 0) is 12.8 Å². The van der Waals surface area contributed by atoms with Crippen LogP contribution >= 0.6 is 27.5 Å². The molecule has 1 unspecified atom stereocenters. The Kier molecular flexibility index (Phi) is 3.95. The van der Waals surface area contributed by atoms with Gasteiger partial charge in [-0.3, -0.25) is 0 Å². The van der Waals surface area contributed by atoms with E-state index in [1.165, 1.54) is 42.4 Å². The summed E-state index contributed by atoms with van der Waals surface area (Å²) in [5, 5.41) is 0.821. The lowest BCUT2D eigenvalue weighted by atomic mass is 9.89. The van der Waals surface area contributed by atoms with Crippen LogP contribution < -0.4 is 0 Å². The van der Waals surface area contributed by atoms with E-state index in [1.54, 1.807) is 0 Å². The van der Waals surface area contributed by atoms with E-state index in [1.807, 2.05) is 18.2 Å². The number of benzene rings is 2. The lowest BCUT2D eigenvalue weighted by molar-refractivity contribution is 0.684. The van der Waals surface area contributed by atoms with Crippen molar-refractivity contribution in [2.75, 3.05) is 0 Å².